The zero-order valence-electron chi connectivity index (χ0n) is 11.7. The van der Waals surface area contributed by atoms with Gasteiger partial charge in [-0.3, -0.25) is 0 Å². The standard InChI is InChI=1S/C15H20BrN3O/c1-2-18-8-10-19(11-9-18)15(20)17-7-6-13-4-3-5-14(16)12-13/h3-7,12H,2,8-11H2,1H3,(H,17,20)/b7-6+. The number of benzene rings is 1. The maximum Gasteiger partial charge on any atom is 0.321 e. The van der Waals surface area contributed by atoms with E-state index in [4.69, 9.17) is 0 Å². The number of halogens is 1. The summed E-state index contributed by atoms with van der Waals surface area (Å²) in [4.78, 5) is 16.2. The zero-order valence-corrected chi connectivity index (χ0v) is 13.3. The summed E-state index contributed by atoms with van der Waals surface area (Å²) in [6.07, 6.45) is 3.60. The highest BCUT2D eigenvalue weighted by Crippen LogP contribution is 2.12. The molecule has 1 heterocycles. The highest BCUT2D eigenvalue weighted by molar-refractivity contribution is 9.10. The number of likely N-dealkylation sites (N-methyl/N-ethyl adjacent to an activating group) is 1. The van der Waals surface area contributed by atoms with Crippen LogP contribution in [0, 0.1) is 0 Å². The van der Waals surface area contributed by atoms with Gasteiger partial charge in [-0.1, -0.05) is 35.0 Å². The molecule has 2 rings (SSSR count). The fourth-order valence-electron chi connectivity index (χ4n) is 2.18. The molecule has 5 heteroatoms. The summed E-state index contributed by atoms with van der Waals surface area (Å²) in [6, 6.07) is 7.92. The Kier molecular flexibility index (Phi) is 5.61. The van der Waals surface area contributed by atoms with Crippen LogP contribution in [0.15, 0.2) is 34.9 Å². The van der Waals surface area contributed by atoms with Crippen LogP contribution in [0.1, 0.15) is 12.5 Å². The van der Waals surface area contributed by atoms with Crippen LogP contribution >= 0.6 is 15.9 Å². The number of urea groups is 1. The van der Waals surface area contributed by atoms with Gasteiger partial charge in [-0.15, -0.1) is 0 Å². The van der Waals surface area contributed by atoms with Gasteiger partial charge in [0.2, 0.25) is 0 Å². The third-order valence-corrected chi connectivity index (χ3v) is 3.93. The molecule has 108 valence electrons. The molecule has 4 nitrogen and oxygen atoms in total. The van der Waals surface area contributed by atoms with E-state index in [1.54, 1.807) is 6.20 Å². The average Bonchev–Trinajstić information content (AvgIpc) is 2.47. The van der Waals surface area contributed by atoms with Crippen LogP contribution in [0.4, 0.5) is 4.79 Å². The molecule has 0 aromatic heterocycles. The number of nitrogens with one attached hydrogen (secondary N) is 1. The first-order valence-electron chi connectivity index (χ1n) is 6.89. The van der Waals surface area contributed by atoms with Crippen molar-refractivity contribution < 1.29 is 4.79 Å². The van der Waals surface area contributed by atoms with Crippen LogP contribution in [0.5, 0.6) is 0 Å². The van der Waals surface area contributed by atoms with Crippen molar-refractivity contribution in [1.82, 2.24) is 15.1 Å². The van der Waals surface area contributed by atoms with Crippen LogP contribution in [0.2, 0.25) is 0 Å². The van der Waals surface area contributed by atoms with E-state index in [-0.39, 0.29) is 6.03 Å². The molecule has 0 aliphatic carbocycles. The molecule has 1 N–H and O–H groups in total. The second-order valence-electron chi connectivity index (χ2n) is 4.76. The number of nitrogens with zero attached hydrogens (tertiary/aromatic N) is 2. The molecule has 1 saturated heterocycles. The lowest BCUT2D eigenvalue weighted by Gasteiger charge is -2.33. The highest BCUT2D eigenvalue weighted by atomic mass is 79.9. The van der Waals surface area contributed by atoms with Gasteiger partial charge in [0.05, 0.1) is 0 Å². The molecule has 0 spiro atoms. The van der Waals surface area contributed by atoms with Crippen LogP contribution in [0.25, 0.3) is 6.08 Å². The Morgan fingerprint density at radius 1 is 1.35 bits per heavy atom. The number of piperazine rings is 1. The Labute approximate surface area is 128 Å². The molecule has 0 saturated carbocycles. The lowest BCUT2D eigenvalue weighted by atomic mass is 10.2. The van der Waals surface area contributed by atoms with Gasteiger partial charge in [-0.25, -0.2) is 4.79 Å². The maximum atomic E-state index is 12.0. The van der Waals surface area contributed by atoms with Crippen LogP contribution < -0.4 is 5.32 Å². The number of hydrogen-bond donors (Lipinski definition) is 1. The lowest BCUT2D eigenvalue weighted by Crippen LogP contribution is -2.50. The van der Waals surface area contributed by atoms with Gasteiger partial charge in [0.15, 0.2) is 0 Å². The molecule has 2 amide bonds. The summed E-state index contributed by atoms with van der Waals surface area (Å²) in [7, 11) is 0. The summed E-state index contributed by atoms with van der Waals surface area (Å²) < 4.78 is 1.03. The van der Waals surface area contributed by atoms with E-state index in [9.17, 15) is 4.79 Å². The minimum absolute atomic E-state index is 0.0213. The second-order valence-corrected chi connectivity index (χ2v) is 5.67. The molecule has 0 radical (unpaired) electrons. The molecule has 1 aliphatic heterocycles. The molecule has 0 bridgehead atoms. The van der Waals surface area contributed by atoms with Crippen molar-refractivity contribution in [2.24, 2.45) is 0 Å². The fourth-order valence-corrected chi connectivity index (χ4v) is 2.59. The lowest BCUT2D eigenvalue weighted by molar-refractivity contribution is 0.145. The molecular weight excluding hydrogens is 318 g/mol. The molecule has 1 fully saturated rings. The quantitative estimate of drug-likeness (QED) is 0.920. The van der Waals surface area contributed by atoms with E-state index in [1.165, 1.54) is 0 Å². The topological polar surface area (TPSA) is 35.6 Å². The van der Waals surface area contributed by atoms with Crippen molar-refractivity contribution in [3.63, 3.8) is 0 Å². The van der Waals surface area contributed by atoms with E-state index in [0.717, 1.165) is 42.8 Å². The molecule has 0 unspecified atom stereocenters. The van der Waals surface area contributed by atoms with Gasteiger partial charge < -0.3 is 15.1 Å². The van der Waals surface area contributed by atoms with E-state index in [0.29, 0.717) is 0 Å². The van der Waals surface area contributed by atoms with Gasteiger partial charge in [-0.2, -0.15) is 0 Å². The Bertz CT molecular complexity index is 482. The van der Waals surface area contributed by atoms with Gasteiger partial charge >= 0.3 is 6.03 Å². The number of hydrogen-bond acceptors (Lipinski definition) is 2. The predicted molar refractivity (Wildman–Crippen MR) is 85.4 cm³/mol. The molecule has 1 aliphatic rings. The summed E-state index contributed by atoms with van der Waals surface area (Å²) in [5.41, 5.74) is 1.05. The molecule has 20 heavy (non-hydrogen) atoms. The monoisotopic (exact) mass is 337 g/mol. The summed E-state index contributed by atoms with van der Waals surface area (Å²) in [6.45, 7) is 6.71. The summed E-state index contributed by atoms with van der Waals surface area (Å²) >= 11 is 3.42. The van der Waals surface area contributed by atoms with Crippen molar-refractivity contribution in [2.75, 3.05) is 32.7 Å². The van der Waals surface area contributed by atoms with Crippen LogP contribution in [-0.4, -0.2) is 48.6 Å². The third kappa shape index (κ3) is 4.35. The first-order valence-corrected chi connectivity index (χ1v) is 7.68. The maximum absolute atomic E-state index is 12.0. The van der Waals surface area contributed by atoms with E-state index in [1.807, 2.05) is 35.2 Å². The molecular formula is C15H20BrN3O. The van der Waals surface area contributed by atoms with Crippen molar-refractivity contribution in [3.05, 3.63) is 40.5 Å². The predicted octanol–water partition coefficient (Wildman–Crippen LogP) is 2.77. The first-order chi connectivity index (χ1) is 9.69. The van der Waals surface area contributed by atoms with E-state index >= 15 is 0 Å². The minimum atomic E-state index is -0.0213. The third-order valence-electron chi connectivity index (χ3n) is 3.44. The fraction of sp³-hybridized carbons (Fsp3) is 0.400. The number of rotatable bonds is 3. The SMILES string of the molecule is CCN1CCN(C(=O)N/C=C/c2cccc(Br)c2)CC1. The average molecular weight is 338 g/mol. The molecule has 1 aromatic rings. The van der Waals surface area contributed by atoms with Crippen molar-refractivity contribution in [1.29, 1.82) is 0 Å². The normalized spacial score (nSPS) is 16.6. The van der Waals surface area contributed by atoms with E-state index < -0.39 is 0 Å². The number of amides is 2. The van der Waals surface area contributed by atoms with E-state index in [2.05, 4.69) is 33.1 Å². The molecule has 1 aromatic carbocycles. The highest BCUT2D eigenvalue weighted by Gasteiger charge is 2.18. The van der Waals surface area contributed by atoms with Gasteiger partial charge in [-0.05, 0) is 30.3 Å². The largest absolute Gasteiger partial charge is 0.322 e. The molecule has 0 atom stereocenters. The van der Waals surface area contributed by atoms with Gasteiger partial charge in [0.25, 0.3) is 0 Å². The Hall–Kier alpha value is -1.33. The van der Waals surface area contributed by atoms with Crippen molar-refractivity contribution in [3.8, 4) is 0 Å². The summed E-state index contributed by atoms with van der Waals surface area (Å²) in [5.74, 6) is 0. The van der Waals surface area contributed by atoms with Crippen LogP contribution in [-0.2, 0) is 0 Å². The van der Waals surface area contributed by atoms with Gasteiger partial charge in [0, 0.05) is 36.9 Å². The Morgan fingerprint density at radius 2 is 2.10 bits per heavy atom. The Balaban J connectivity index is 1.80. The number of carbonyl (C=O) groups excluding carboxylic acids is 1. The number of carbonyl (C=O) groups is 1. The zero-order chi connectivity index (χ0) is 14.4. The summed E-state index contributed by atoms with van der Waals surface area (Å²) in [5, 5.41) is 2.83. The first kappa shape index (κ1) is 15.1. The minimum Gasteiger partial charge on any atom is -0.322 e. The van der Waals surface area contributed by atoms with Crippen molar-refractivity contribution >= 4 is 28.0 Å². The van der Waals surface area contributed by atoms with Crippen molar-refractivity contribution in [2.45, 2.75) is 6.92 Å². The smallest absolute Gasteiger partial charge is 0.321 e. The second kappa shape index (κ2) is 7.45. The van der Waals surface area contributed by atoms with Crippen LogP contribution in [0.3, 0.4) is 0 Å². The Morgan fingerprint density at radius 3 is 2.75 bits per heavy atom. The van der Waals surface area contributed by atoms with Gasteiger partial charge in [0.1, 0.15) is 0 Å².